The summed E-state index contributed by atoms with van der Waals surface area (Å²) in [6.45, 7) is 0.166. The molecule has 2 N–H and O–H groups in total. The zero-order valence-electron chi connectivity index (χ0n) is 13.3. The van der Waals surface area contributed by atoms with Crippen LogP contribution in [0.1, 0.15) is 11.7 Å². The van der Waals surface area contributed by atoms with Crippen molar-refractivity contribution in [1.82, 2.24) is 9.97 Å². The monoisotopic (exact) mass is 377 g/mol. The van der Waals surface area contributed by atoms with Crippen LogP contribution < -0.4 is 5.32 Å². The van der Waals surface area contributed by atoms with Crippen molar-refractivity contribution in [2.45, 2.75) is 11.0 Å². The van der Waals surface area contributed by atoms with Crippen molar-refractivity contribution in [3.63, 3.8) is 0 Å². The minimum atomic E-state index is -3.34. The minimum Gasteiger partial charge on any atom is -0.387 e. The molecule has 0 bridgehead atoms. The molecule has 1 atom stereocenters. The molecule has 1 heterocycles. The quantitative estimate of drug-likeness (QED) is 0.710. The molecule has 0 aliphatic carbocycles. The molecule has 8 heteroatoms. The van der Waals surface area contributed by atoms with Crippen molar-refractivity contribution in [3.8, 4) is 0 Å². The molecule has 6 nitrogen and oxygen atoms in total. The molecular formula is C17H16ClN3O3S. The van der Waals surface area contributed by atoms with Gasteiger partial charge in [0.1, 0.15) is 12.1 Å². The average molecular weight is 378 g/mol. The first-order chi connectivity index (χ1) is 11.9. The summed E-state index contributed by atoms with van der Waals surface area (Å²) in [5.41, 5.74) is 1.21. The summed E-state index contributed by atoms with van der Waals surface area (Å²) in [6.07, 6.45) is 1.69. The molecule has 0 fully saturated rings. The van der Waals surface area contributed by atoms with Crippen molar-refractivity contribution < 1.29 is 13.5 Å². The van der Waals surface area contributed by atoms with Crippen LogP contribution >= 0.6 is 11.6 Å². The Morgan fingerprint density at radius 2 is 1.96 bits per heavy atom. The standard InChI is InChI=1S/C17H16ClN3O3S/c1-25(23,24)11-6-7-15-13(8-11)17(21-10-20-15)19-9-16(22)12-4-2-3-5-14(12)18/h2-8,10,16,22H,9H2,1H3,(H,19,20,21)/t16-/m1/s1. The molecule has 3 rings (SSSR count). The second-order valence-electron chi connectivity index (χ2n) is 5.59. The van der Waals surface area contributed by atoms with E-state index in [1.165, 1.54) is 18.5 Å². The Labute approximate surface area is 150 Å². The smallest absolute Gasteiger partial charge is 0.175 e. The Bertz CT molecular complexity index is 1020. The molecular weight excluding hydrogens is 362 g/mol. The first kappa shape index (κ1) is 17.6. The van der Waals surface area contributed by atoms with Gasteiger partial charge in [-0.2, -0.15) is 0 Å². The van der Waals surface area contributed by atoms with Crippen LogP contribution in [0.25, 0.3) is 10.9 Å². The minimum absolute atomic E-state index is 0.166. The van der Waals surface area contributed by atoms with E-state index in [4.69, 9.17) is 11.6 Å². The van der Waals surface area contributed by atoms with E-state index < -0.39 is 15.9 Å². The highest BCUT2D eigenvalue weighted by Gasteiger charge is 2.14. The highest BCUT2D eigenvalue weighted by Crippen LogP contribution is 2.25. The van der Waals surface area contributed by atoms with Gasteiger partial charge in [0.15, 0.2) is 9.84 Å². The molecule has 0 spiro atoms. The van der Waals surface area contributed by atoms with E-state index in [9.17, 15) is 13.5 Å². The van der Waals surface area contributed by atoms with Gasteiger partial charge in [-0.05, 0) is 24.3 Å². The van der Waals surface area contributed by atoms with Gasteiger partial charge in [0.2, 0.25) is 0 Å². The van der Waals surface area contributed by atoms with Crippen LogP contribution in [0.2, 0.25) is 5.02 Å². The van der Waals surface area contributed by atoms with Crippen molar-refractivity contribution >= 4 is 38.2 Å². The Morgan fingerprint density at radius 3 is 2.68 bits per heavy atom. The number of aliphatic hydroxyl groups excluding tert-OH is 1. The normalized spacial score (nSPS) is 12.9. The Hall–Kier alpha value is -2.22. The molecule has 2 aromatic carbocycles. The summed E-state index contributed by atoms with van der Waals surface area (Å²) in [5, 5.41) is 14.4. The van der Waals surface area contributed by atoms with E-state index in [-0.39, 0.29) is 11.4 Å². The van der Waals surface area contributed by atoms with Crippen LogP contribution in [-0.2, 0) is 9.84 Å². The van der Waals surface area contributed by atoms with Crippen LogP contribution in [-0.4, -0.2) is 36.3 Å². The van der Waals surface area contributed by atoms with E-state index in [1.807, 2.05) is 0 Å². The summed E-state index contributed by atoms with van der Waals surface area (Å²) in [4.78, 5) is 8.48. The molecule has 0 aliphatic rings. The number of halogens is 1. The topological polar surface area (TPSA) is 92.2 Å². The lowest BCUT2D eigenvalue weighted by Crippen LogP contribution is -2.13. The molecule has 0 aliphatic heterocycles. The zero-order chi connectivity index (χ0) is 18.0. The first-order valence-corrected chi connectivity index (χ1v) is 9.74. The van der Waals surface area contributed by atoms with Crippen molar-refractivity contribution in [1.29, 1.82) is 0 Å². The third-order valence-corrected chi connectivity index (χ3v) is 5.22. The molecule has 1 aromatic heterocycles. The fourth-order valence-corrected chi connectivity index (χ4v) is 3.36. The summed E-state index contributed by atoms with van der Waals surface area (Å²) in [5.74, 6) is 0.446. The summed E-state index contributed by atoms with van der Waals surface area (Å²) in [6, 6.07) is 11.7. The number of sulfone groups is 1. The number of fused-ring (bicyclic) bond motifs is 1. The van der Waals surface area contributed by atoms with Gasteiger partial charge in [-0.3, -0.25) is 0 Å². The lowest BCUT2D eigenvalue weighted by Gasteiger charge is -2.15. The van der Waals surface area contributed by atoms with E-state index in [2.05, 4.69) is 15.3 Å². The highest BCUT2D eigenvalue weighted by atomic mass is 35.5. The number of nitrogens with one attached hydrogen (secondary N) is 1. The van der Waals surface area contributed by atoms with Gasteiger partial charge in [-0.1, -0.05) is 29.8 Å². The van der Waals surface area contributed by atoms with E-state index >= 15 is 0 Å². The number of rotatable bonds is 5. The van der Waals surface area contributed by atoms with E-state index in [0.717, 1.165) is 6.26 Å². The summed E-state index contributed by atoms with van der Waals surface area (Å²) >= 11 is 6.09. The summed E-state index contributed by atoms with van der Waals surface area (Å²) in [7, 11) is -3.34. The second kappa shape index (κ2) is 6.95. The molecule has 0 saturated heterocycles. The van der Waals surface area contributed by atoms with E-state index in [1.54, 1.807) is 30.3 Å². The fraction of sp³-hybridized carbons (Fsp3) is 0.176. The molecule has 0 radical (unpaired) electrons. The third kappa shape index (κ3) is 3.89. The number of aliphatic hydroxyl groups is 1. The van der Waals surface area contributed by atoms with Gasteiger partial charge < -0.3 is 10.4 Å². The Balaban J connectivity index is 1.90. The van der Waals surface area contributed by atoms with Crippen molar-refractivity contribution in [2.75, 3.05) is 18.1 Å². The zero-order valence-corrected chi connectivity index (χ0v) is 14.9. The number of benzene rings is 2. The predicted molar refractivity (Wildman–Crippen MR) is 97.5 cm³/mol. The van der Waals surface area contributed by atoms with Crippen LogP contribution in [0.5, 0.6) is 0 Å². The van der Waals surface area contributed by atoms with Crippen molar-refractivity contribution in [2.24, 2.45) is 0 Å². The molecule has 0 unspecified atom stereocenters. The molecule has 0 amide bonds. The number of nitrogens with zero attached hydrogens (tertiary/aromatic N) is 2. The van der Waals surface area contributed by atoms with Gasteiger partial charge in [-0.25, -0.2) is 18.4 Å². The van der Waals surface area contributed by atoms with Crippen LogP contribution in [0.4, 0.5) is 5.82 Å². The first-order valence-electron chi connectivity index (χ1n) is 7.47. The number of hydrogen-bond donors (Lipinski definition) is 2. The van der Waals surface area contributed by atoms with E-state index in [0.29, 0.717) is 27.3 Å². The van der Waals surface area contributed by atoms with Gasteiger partial charge in [0, 0.05) is 28.8 Å². The van der Waals surface area contributed by atoms with Crippen LogP contribution in [0, 0.1) is 0 Å². The molecule has 0 saturated carbocycles. The maximum absolute atomic E-state index is 11.8. The highest BCUT2D eigenvalue weighted by molar-refractivity contribution is 7.90. The lowest BCUT2D eigenvalue weighted by atomic mass is 10.1. The maximum Gasteiger partial charge on any atom is 0.175 e. The largest absolute Gasteiger partial charge is 0.387 e. The third-order valence-electron chi connectivity index (χ3n) is 3.76. The fourth-order valence-electron chi connectivity index (χ4n) is 2.46. The second-order valence-corrected chi connectivity index (χ2v) is 8.01. The number of anilines is 1. The molecule has 130 valence electrons. The van der Waals surface area contributed by atoms with Crippen molar-refractivity contribution in [3.05, 3.63) is 59.4 Å². The SMILES string of the molecule is CS(=O)(=O)c1ccc2ncnc(NC[C@@H](O)c3ccccc3Cl)c2c1. The van der Waals surface area contributed by atoms with Gasteiger partial charge in [0.25, 0.3) is 0 Å². The lowest BCUT2D eigenvalue weighted by molar-refractivity contribution is 0.191. The molecule has 3 aromatic rings. The maximum atomic E-state index is 11.8. The molecule has 25 heavy (non-hydrogen) atoms. The Kier molecular flexibility index (Phi) is 4.89. The van der Waals surface area contributed by atoms with Crippen LogP contribution in [0.15, 0.2) is 53.7 Å². The Morgan fingerprint density at radius 1 is 1.20 bits per heavy atom. The average Bonchev–Trinajstić information content (AvgIpc) is 2.58. The number of hydrogen-bond acceptors (Lipinski definition) is 6. The number of aromatic nitrogens is 2. The predicted octanol–water partition coefficient (Wildman–Crippen LogP) is 2.83. The van der Waals surface area contributed by atoms with Crippen LogP contribution in [0.3, 0.4) is 0 Å². The van der Waals surface area contributed by atoms with Gasteiger partial charge in [-0.15, -0.1) is 0 Å². The van der Waals surface area contributed by atoms with Gasteiger partial charge >= 0.3 is 0 Å². The van der Waals surface area contributed by atoms with Gasteiger partial charge in [0.05, 0.1) is 16.5 Å². The summed E-state index contributed by atoms with van der Waals surface area (Å²) < 4.78 is 23.5.